The molecule has 8 nitrogen and oxygen atoms in total. The maximum absolute atomic E-state index is 12.0. The lowest BCUT2D eigenvalue weighted by atomic mass is 10.2. The number of hydrogen-bond acceptors (Lipinski definition) is 4. The van der Waals surface area contributed by atoms with Crippen LogP contribution in [0.1, 0.15) is 46.1 Å². The summed E-state index contributed by atoms with van der Waals surface area (Å²) >= 11 is 0. The molecule has 1 aromatic heterocycles. The van der Waals surface area contributed by atoms with Gasteiger partial charge in [-0.3, -0.25) is 9.67 Å². The number of aromatic nitrogens is 2. The molecule has 0 radical (unpaired) electrons. The van der Waals surface area contributed by atoms with Crippen LogP contribution in [0.15, 0.2) is 17.4 Å². The molecule has 1 fully saturated rings. The van der Waals surface area contributed by atoms with Crippen molar-refractivity contribution < 1.29 is 9.53 Å². The summed E-state index contributed by atoms with van der Waals surface area (Å²) < 4.78 is 7.17. The average molecular weight is 506 g/mol. The van der Waals surface area contributed by atoms with Crippen LogP contribution in [0.2, 0.25) is 0 Å². The van der Waals surface area contributed by atoms with Gasteiger partial charge in [0.15, 0.2) is 5.96 Å². The summed E-state index contributed by atoms with van der Waals surface area (Å²) in [6, 6.07) is 0.0825. The number of guanidine groups is 1. The van der Waals surface area contributed by atoms with Gasteiger partial charge in [0.25, 0.3) is 0 Å². The van der Waals surface area contributed by atoms with Gasteiger partial charge in [0.2, 0.25) is 0 Å². The van der Waals surface area contributed by atoms with E-state index in [2.05, 4.69) is 27.6 Å². The van der Waals surface area contributed by atoms with Crippen LogP contribution in [0.5, 0.6) is 0 Å². The van der Waals surface area contributed by atoms with E-state index in [1.165, 1.54) is 5.56 Å². The lowest BCUT2D eigenvalue weighted by molar-refractivity contribution is 0.0507. The lowest BCUT2D eigenvalue weighted by Gasteiger charge is -2.23. The Morgan fingerprint density at radius 3 is 2.79 bits per heavy atom. The number of rotatable bonds is 6. The molecule has 0 aromatic carbocycles. The van der Waals surface area contributed by atoms with E-state index in [0.29, 0.717) is 0 Å². The van der Waals surface area contributed by atoms with Crippen molar-refractivity contribution in [1.82, 2.24) is 25.3 Å². The van der Waals surface area contributed by atoms with Gasteiger partial charge in [0, 0.05) is 39.4 Å². The Morgan fingerprint density at radius 1 is 1.43 bits per heavy atom. The number of aliphatic imine (C=N–C) groups is 1. The summed E-state index contributed by atoms with van der Waals surface area (Å²) in [5, 5.41) is 10.5. The van der Waals surface area contributed by atoms with Crippen LogP contribution in [0.3, 0.4) is 0 Å². The second kappa shape index (κ2) is 11.5. The summed E-state index contributed by atoms with van der Waals surface area (Å²) in [6.07, 6.45) is 6.44. The highest BCUT2D eigenvalue weighted by atomic mass is 127. The third kappa shape index (κ3) is 8.66. The average Bonchev–Trinajstić information content (AvgIpc) is 3.17. The fourth-order valence-electron chi connectivity index (χ4n) is 3.04. The predicted octanol–water partition coefficient (Wildman–Crippen LogP) is 2.54. The summed E-state index contributed by atoms with van der Waals surface area (Å²) in [4.78, 5) is 18.9. The maximum Gasteiger partial charge on any atom is 0.407 e. The monoisotopic (exact) mass is 506 g/mol. The van der Waals surface area contributed by atoms with Crippen molar-refractivity contribution in [1.29, 1.82) is 0 Å². The van der Waals surface area contributed by atoms with Crippen molar-refractivity contribution in [3.8, 4) is 0 Å². The number of aryl methyl sites for hydroxylation is 2. The number of halogens is 1. The molecule has 1 atom stereocenters. The van der Waals surface area contributed by atoms with Gasteiger partial charge in [0.1, 0.15) is 5.60 Å². The largest absolute Gasteiger partial charge is 0.444 e. The first-order valence-electron chi connectivity index (χ1n) is 9.77. The highest BCUT2D eigenvalue weighted by molar-refractivity contribution is 14.0. The molecule has 2 N–H and O–H groups in total. The lowest BCUT2D eigenvalue weighted by Crippen LogP contribution is -2.44. The fourth-order valence-corrected chi connectivity index (χ4v) is 3.04. The van der Waals surface area contributed by atoms with Crippen molar-refractivity contribution in [2.24, 2.45) is 12.0 Å². The molecule has 9 heteroatoms. The zero-order chi connectivity index (χ0) is 19.9. The minimum absolute atomic E-state index is 0. The van der Waals surface area contributed by atoms with Crippen LogP contribution < -0.4 is 10.6 Å². The molecule has 28 heavy (non-hydrogen) atoms. The topological polar surface area (TPSA) is 83.8 Å². The Bertz CT molecular complexity index is 641. The van der Waals surface area contributed by atoms with E-state index in [-0.39, 0.29) is 36.1 Å². The molecule has 1 saturated heterocycles. The molecule has 1 aromatic rings. The predicted molar refractivity (Wildman–Crippen MR) is 122 cm³/mol. The van der Waals surface area contributed by atoms with E-state index < -0.39 is 5.60 Å². The molecule has 2 heterocycles. The molecule has 2 rings (SSSR count). The number of nitrogens with one attached hydrogen (secondary N) is 2. The van der Waals surface area contributed by atoms with Crippen LogP contribution in [-0.2, 0) is 18.2 Å². The number of likely N-dealkylation sites (tertiary alicyclic amines) is 1. The second-order valence-corrected chi connectivity index (χ2v) is 7.94. The molecule has 0 bridgehead atoms. The minimum Gasteiger partial charge on any atom is -0.444 e. The quantitative estimate of drug-likeness (QED) is 0.268. The summed E-state index contributed by atoms with van der Waals surface area (Å²) in [6.45, 7) is 10.9. The molecule has 1 unspecified atom stereocenters. The highest BCUT2D eigenvalue weighted by Crippen LogP contribution is 2.12. The van der Waals surface area contributed by atoms with Gasteiger partial charge in [-0.05, 0) is 52.5 Å². The number of hydrogen-bond donors (Lipinski definition) is 2. The number of alkyl carbamates (subject to hydrolysis) is 1. The first-order chi connectivity index (χ1) is 12.8. The Hall–Kier alpha value is -1.52. The summed E-state index contributed by atoms with van der Waals surface area (Å²) in [5.41, 5.74) is 0.757. The zero-order valence-electron chi connectivity index (χ0n) is 17.7. The van der Waals surface area contributed by atoms with Gasteiger partial charge < -0.3 is 20.3 Å². The summed E-state index contributed by atoms with van der Waals surface area (Å²) in [7, 11) is 1.93. The van der Waals surface area contributed by atoms with E-state index in [9.17, 15) is 4.79 Å². The number of carbonyl (C=O) groups is 1. The molecular weight excluding hydrogens is 471 g/mol. The third-order valence-corrected chi connectivity index (χ3v) is 4.19. The molecule has 0 saturated carbocycles. The van der Waals surface area contributed by atoms with Gasteiger partial charge in [-0.25, -0.2) is 4.79 Å². The Labute approximate surface area is 185 Å². The second-order valence-electron chi connectivity index (χ2n) is 7.94. The van der Waals surface area contributed by atoms with Crippen molar-refractivity contribution in [3.05, 3.63) is 18.0 Å². The minimum atomic E-state index is -0.479. The van der Waals surface area contributed by atoms with Crippen LogP contribution in [0.25, 0.3) is 0 Å². The van der Waals surface area contributed by atoms with Crippen molar-refractivity contribution >= 4 is 36.0 Å². The number of amides is 1. The Morgan fingerprint density at radius 2 is 2.18 bits per heavy atom. The van der Waals surface area contributed by atoms with Crippen LogP contribution in [-0.4, -0.2) is 64.6 Å². The molecule has 1 aliphatic rings. The van der Waals surface area contributed by atoms with E-state index in [4.69, 9.17) is 9.73 Å². The number of nitrogens with zero attached hydrogens (tertiary/aromatic N) is 4. The molecule has 1 aliphatic heterocycles. The molecule has 0 spiro atoms. The zero-order valence-corrected chi connectivity index (χ0v) is 20.0. The molecule has 0 aliphatic carbocycles. The third-order valence-electron chi connectivity index (χ3n) is 4.19. The SMILES string of the molecule is CCNC(=NCCCc1cnn(C)c1)N1CCC(NC(=O)OC(C)(C)C)C1.I. The maximum atomic E-state index is 12.0. The van der Waals surface area contributed by atoms with Gasteiger partial charge in [-0.15, -0.1) is 24.0 Å². The van der Waals surface area contributed by atoms with Crippen molar-refractivity contribution in [2.75, 3.05) is 26.2 Å². The van der Waals surface area contributed by atoms with Crippen molar-refractivity contribution in [3.63, 3.8) is 0 Å². The van der Waals surface area contributed by atoms with Gasteiger partial charge >= 0.3 is 6.09 Å². The highest BCUT2D eigenvalue weighted by Gasteiger charge is 2.27. The Balaban J connectivity index is 0.00000392. The molecular formula is C19H35IN6O2. The van der Waals surface area contributed by atoms with E-state index in [0.717, 1.165) is 51.4 Å². The molecule has 160 valence electrons. The number of carbonyl (C=O) groups excluding carboxylic acids is 1. The first-order valence-corrected chi connectivity index (χ1v) is 9.77. The van der Waals surface area contributed by atoms with Crippen LogP contribution in [0, 0.1) is 0 Å². The normalized spacial score (nSPS) is 17.2. The smallest absolute Gasteiger partial charge is 0.407 e. The molecule has 1 amide bonds. The van der Waals surface area contributed by atoms with Gasteiger partial charge in [-0.2, -0.15) is 5.10 Å². The van der Waals surface area contributed by atoms with Crippen LogP contribution >= 0.6 is 24.0 Å². The standard InChI is InChI=1S/C19H34N6O2.HI/c1-6-20-17(21-10-7-8-15-12-22-24(5)13-15)25-11-9-16(14-25)23-18(26)27-19(2,3)4;/h12-13,16H,6-11,14H2,1-5H3,(H,20,21)(H,23,26);1H. The van der Waals surface area contributed by atoms with Gasteiger partial charge in [0.05, 0.1) is 12.2 Å². The van der Waals surface area contributed by atoms with E-state index in [1.807, 2.05) is 44.9 Å². The van der Waals surface area contributed by atoms with E-state index in [1.54, 1.807) is 0 Å². The first kappa shape index (κ1) is 24.5. The van der Waals surface area contributed by atoms with Gasteiger partial charge in [-0.1, -0.05) is 0 Å². The van der Waals surface area contributed by atoms with Crippen LogP contribution in [0.4, 0.5) is 4.79 Å². The Kier molecular flexibility index (Phi) is 10.0. The fraction of sp³-hybridized carbons (Fsp3) is 0.737. The number of ether oxygens (including phenoxy) is 1. The van der Waals surface area contributed by atoms with Crippen molar-refractivity contribution in [2.45, 2.75) is 58.6 Å². The summed E-state index contributed by atoms with van der Waals surface area (Å²) in [5.74, 6) is 0.914. The van der Waals surface area contributed by atoms with E-state index >= 15 is 0 Å².